The number of para-hydroxylation sites is 1. The molecule has 0 aliphatic heterocycles. The van der Waals surface area contributed by atoms with Crippen molar-refractivity contribution in [3.63, 3.8) is 0 Å². The first-order valence-electron chi connectivity index (χ1n) is 6.07. The SMILES string of the molecule is CS(=O)(=O)n1ccc2cccc(-c3cnc(N)nc3N)c21. The van der Waals surface area contributed by atoms with Crippen molar-refractivity contribution < 1.29 is 8.42 Å². The van der Waals surface area contributed by atoms with Gasteiger partial charge in [-0.05, 0) is 6.07 Å². The van der Waals surface area contributed by atoms with Crippen LogP contribution in [0.25, 0.3) is 22.0 Å². The van der Waals surface area contributed by atoms with Crippen LogP contribution in [0.5, 0.6) is 0 Å². The Balaban J connectivity index is 2.40. The minimum atomic E-state index is -3.43. The third-order valence-electron chi connectivity index (χ3n) is 3.16. The highest BCUT2D eigenvalue weighted by Crippen LogP contribution is 2.32. The highest BCUT2D eigenvalue weighted by Gasteiger charge is 2.16. The number of nitrogens with zero attached hydrogens (tertiary/aromatic N) is 3. The van der Waals surface area contributed by atoms with Gasteiger partial charge in [-0.25, -0.2) is 17.4 Å². The maximum absolute atomic E-state index is 11.9. The molecule has 0 saturated heterocycles. The number of aromatic nitrogens is 3. The van der Waals surface area contributed by atoms with Crippen LogP contribution in [-0.4, -0.2) is 28.6 Å². The van der Waals surface area contributed by atoms with Gasteiger partial charge in [-0.15, -0.1) is 0 Å². The summed E-state index contributed by atoms with van der Waals surface area (Å²) in [5.41, 5.74) is 13.1. The Morgan fingerprint density at radius 2 is 1.90 bits per heavy atom. The summed E-state index contributed by atoms with van der Waals surface area (Å²) in [7, 11) is -3.43. The molecule has 108 valence electrons. The van der Waals surface area contributed by atoms with E-state index in [0.717, 1.165) is 11.6 Å². The summed E-state index contributed by atoms with van der Waals surface area (Å²) in [6.45, 7) is 0. The molecule has 0 aliphatic carbocycles. The van der Waals surface area contributed by atoms with Crippen molar-refractivity contribution in [3.05, 3.63) is 36.7 Å². The lowest BCUT2D eigenvalue weighted by molar-refractivity contribution is 0.595. The van der Waals surface area contributed by atoms with Crippen LogP contribution in [0, 0.1) is 0 Å². The molecule has 8 heteroatoms. The van der Waals surface area contributed by atoms with E-state index in [1.807, 2.05) is 12.1 Å². The summed E-state index contributed by atoms with van der Waals surface area (Å²) in [5, 5.41) is 0.786. The van der Waals surface area contributed by atoms with E-state index >= 15 is 0 Å². The molecule has 0 bridgehead atoms. The van der Waals surface area contributed by atoms with Crippen LogP contribution >= 0.6 is 0 Å². The number of hydrogen-bond acceptors (Lipinski definition) is 6. The Bertz CT molecular complexity index is 946. The van der Waals surface area contributed by atoms with Crippen molar-refractivity contribution in [3.8, 4) is 11.1 Å². The van der Waals surface area contributed by atoms with Gasteiger partial charge in [0.2, 0.25) is 16.0 Å². The van der Waals surface area contributed by atoms with Crippen LogP contribution in [-0.2, 0) is 10.0 Å². The largest absolute Gasteiger partial charge is 0.383 e. The topological polar surface area (TPSA) is 117 Å². The Morgan fingerprint density at radius 3 is 2.57 bits per heavy atom. The van der Waals surface area contributed by atoms with Crippen LogP contribution < -0.4 is 11.5 Å². The van der Waals surface area contributed by atoms with Gasteiger partial charge >= 0.3 is 0 Å². The highest BCUT2D eigenvalue weighted by atomic mass is 32.2. The molecule has 21 heavy (non-hydrogen) atoms. The summed E-state index contributed by atoms with van der Waals surface area (Å²) in [6, 6.07) is 7.15. The molecule has 0 radical (unpaired) electrons. The Morgan fingerprint density at radius 1 is 1.14 bits per heavy atom. The van der Waals surface area contributed by atoms with Gasteiger partial charge in [0.15, 0.2) is 0 Å². The predicted octanol–water partition coefficient (Wildman–Crippen LogP) is 1.07. The van der Waals surface area contributed by atoms with E-state index in [0.29, 0.717) is 16.6 Å². The maximum Gasteiger partial charge on any atom is 0.236 e. The van der Waals surface area contributed by atoms with E-state index in [2.05, 4.69) is 9.97 Å². The highest BCUT2D eigenvalue weighted by molar-refractivity contribution is 7.89. The number of fused-ring (bicyclic) bond motifs is 1. The molecule has 7 nitrogen and oxygen atoms in total. The van der Waals surface area contributed by atoms with E-state index < -0.39 is 10.0 Å². The van der Waals surface area contributed by atoms with E-state index in [9.17, 15) is 8.42 Å². The minimum absolute atomic E-state index is 0.0712. The average Bonchev–Trinajstić information content (AvgIpc) is 2.82. The summed E-state index contributed by atoms with van der Waals surface area (Å²) >= 11 is 0. The predicted molar refractivity (Wildman–Crippen MR) is 82.0 cm³/mol. The van der Waals surface area contributed by atoms with Crippen LogP contribution in [0.4, 0.5) is 11.8 Å². The zero-order valence-corrected chi connectivity index (χ0v) is 12.0. The fourth-order valence-electron chi connectivity index (χ4n) is 2.27. The lowest BCUT2D eigenvalue weighted by Gasteiger charge is -2.10. The summed E-state index contributed by atoms with van der Waals surface area (Å²) in [4.78, 5) is 7.85. The van der Waals surface area contributed by atoms with E-state index in [4.69, 9.17) is 11.5 Å². The monoisotopic (exact) mass is 303 g/mol. The lowest BCUT2D eigenvalue weighted by atomic mass is 10.1. The van der Waals surface area contributed by atoms with Gasteiger partial charge in [-0.1, -0.05) is 18.2 Å². The Kier molecular flexibility index (Phi) is 2.84. The van der Waals surface area contributed by atoms with Gasteiger partial charge in [0.1, 0.15) is 5.82 Å². The van der Waals surface area contributed by atoms with E-state index in [-0.39, 0.29) is 11.8 Å². The van der Waals surface area contributed by atoms with Crippen molar-refractivity contribution in [2.24, 2.45) is 0 Å². The van der Waals surface area contributed by atoms with Crippen molar-refractivity contribution in [1.82, 2.24) is 13.9 Å². The second-order valence-electron chi connectivity index (χ2n) is 4.65. The molecule has 0 atom stereocenters. The molecule has 4 N–H and O–H groups in total. The van der Waals surface area contributed by atoms with Crippen molar-refractivity contribution >= 4 is 32.7 Å². The number of nitrogen functional groups attached to an aromatic ring is 2. The molecule has 3 rings (SSSR count). The molecule has 2 heterocycles. The molecule has 2 aromatic heterocycles. The smallest absolute Gasteiger partial charge is 0.236 e. The maximum atomic E-state index is 11.9. The quantitative estimate of drug-likeness (QED) is 0.731. The van der Waals surface area contributed by atoms with Gasteiger partial charge in [0.05, 0.1) is 11.8 Å². The molecule has 3 aromatic rings. The van der Waals surface area contributed by atoms with Crippen molar-refractivity contribution in [2.45, 2.75) is 0 Å². The molecular formula is C13H13N5O2S. The molecule has 0 spiro atoms. The summed E-state index contributed by atoms with van der Waals surface area (Å²) in [6.07, 6.45) is 4.15. The molecule has 0 amide bonds. The van der Waals surface area contributed by atoms with Crippen LogP contribution in [0.3, 0.4) is 0 Å². The van der Waals surface area contributed by atoms with Gasteiger partial charge in [-0.3, -0.25) is 0 Å². The number of benzene rings is 1. The second-order valence-corrected chi connectivity index (χ2v) is 6.50. The molecule has 1 aromatic carbocycles. The summed E-state index contributed by atoms with van der Waals surface area (Å²) in [5.74, 6) is 0.276. The third kappa shape index (κ3) is 2.19. The van der Waals surface area contributed by atoms with Crippen LogP contribution in [0.1, 0.15) is 0 Å². The Labute approximate surface area is 121 Å². The van der Waals surface area contributed by atoms with E-state index in [1.165, 1.54) is 16.4 Å². The van der Waals surface area contributed by atoms with Crippen LogP contribution in [0.15, 0.2) is 36.7 Å². The lowest BCUT2D eigenvalue weighted by Crippen LogP contribution is -2.09. The minimum Gasteiger partial charge on any atom is -0.383 e. The third-order valence-corrected chi connectivity index (χ3v) is 4.18. The molecule has 0 unspecified atom stereocenters. The zero-order valence-electron chi connectivity index (χ0n) is 11.2. The number of hydrogen-bond donors (Lipinski definition) is 2. The Hall–Kier alpha value is -2.61. The molecule has 0 fully saturated rings. The zero-order chi connectivity index (χ0) is 15.2. The first kappa shape index (κ1) is 13.4. The molecule has 0 aliphatic rings. The normalized spacial score (nSPS) is 11.9. The van der Waals surface area contributed by atoms with Crippen molar-refractivity contribution in [2.75, 3.05) is 17.7 Å². The van der Waals surface area contributed by atoms with Crippen molar-refractivity contribution in [1.29, 1.82) is 0 Å². The first-order chi connectivity index (χ1) is 9.88. The number of nitrogens with two attached hydrogens (primary N) is 2. The van der Waals surface area contributed by atoms with Gasteiger partial charge in [-0.2, -0.15) is 4.98 Å². The average molecular weight is 303 g/mol. The van der Waals surface area contributed by atoms with Gasteiger partial charge in [0, 0.05) is 28.9 Å². The fraction of sp³-hybridized carbons (Fsp3) is 0.0769. The summed E-state index contributed by atoms with van der Waals surface area (Å²) < 4.78 is 25.0. The van der Waals surface area contributed by atoms with Crippen LogP contribution in [0.2, 0.25) is 0 Å². The molecular weight excluding hydrogens is 290 g/mol. The first-order valence-corrected chi connectivity index (χ1v) is 7.92. The second kappa shape index (κ2) is 4.45. The van der Waals surface area contributed by atoms with Gasteiger partial charge < -0.3 is 11.5 Å². The standard InChI is InChI=1S/C13H13N5O2S/c1-21(19,20)18-6-5-8-3-2-4-9(11(8)18)10-7-16-13(15)17-12(10)14/h2-7H,1H3,(H4,14,15,16,17). The van der Waals surface area contributed by atoms with E-state index in [1.54, 1.807) is 12.1 Å². The number of anilines is 2. The molecule has 0 saturated carbocycles. The fourth-order valence-corrected chi connectivity index (χ4v) is 3.09. The van der Waals surface area contributed by atoms with Gasteiger partial charge in [0.25, 0.3) is 0 Å². The number of rotatable bonds is 2.